The SMILES string of the molecule is CCc1cc(Oc2cccc(N(Cc3cccc(OC(F)(F)C(F)F)c3)C(O)CC(F)(F)F)c2)ccc1Cl. The number of aliphatic hydroxyl groups excluding tert-OH is 1. The monoisotopic (exact) mass is 565 g/mol. The van der Waals surface area contributed by atoms with Gasteiger partial charge in [0, 0.05) is 23.3 Å². The molecule has 0 aliphatic heterocycles. The number of benzene rings is 3. The molecule has 0 fully saturated rings. The van der Waals surface area contributed by atoms with Crippen molar-refractivity contribution in [1.82, 2.24) is 0 Å². The van der Waals surface area contributed by atoms with Gasteiger partial charge in [-0.2, -0.15) is 30.7 Å². The molecule has 38 heavy (non-hydrogen) atoms. The molecule has 0 saturated heterocycles. The molecule has 0 spiro atoms. The quantitative estimate of drug-likeness (QED) is 0.188. The Labute approximate surface area is 219 Å². The molecular formula is C26H23ClF7NO3. The van der Waals surface area contributed by atoms with Crippen LogP contribution in [0, 0.1) is 0 Å². The molecule has 0 bridgehead atoms. The predicted molar refractivity (Wildman–Crippen MR) is 128 cm³/mol. The molecule has 0 saturated carbocycles. The second-order valence-electron chi connectivity index (χ2n) is 8.25. The third kappa shape index (κ3) is 8.16. The minimum absolute atomic E-state index is 0.116. The van der Waals surface area contributed by atoms with Crippen LogP contribution in [0.5, 0.6) is 17.2 Å². The highest BCUT2D eigenvalue weighted by Crippen LogP contribution is 2.33. The van der Waals surface area contributed by atoms with E-state index >= 15 is 0 Å². The van der Waals surface area contributed by atoms with Crippen molar-refractivity contribution in [1.29, 1.82) is 0 Å². The average Bonchev–Trinajstić information content (AvgIpc) is 2.82. The first kappa shape index (κ1) is 29.4. The van der Waals surface area contributed by atoms with Crippen LogP contribution in [-0.4, -0.2) is 30.0 Å². The predicted octanol–water partition coefficient (Wildman–Crippen LogP) is 8.21. The minimum atomic E-state index is -4.76. The van der Waals surface area contributed by atoms with Crippen molar-refractivity contribution >= 4 is 17.3 Å². The number of hydrogen-bond donors (Lipinski definition) is 1. The van der Waals surface area contributed by atoms with Crippen LogP contribution < -0.4 is 14.4 Å². The third-order valence-electron chi connectivity index (χ3n) is 5.32. The fourth-order valence-corrected chi connectivity index (χ4v) is 3.79. The van der Waals surface area contributed by atoms with Gasteiger partial charge in [0.25, 0.3) is 0 Å². The van der Waals surface area contributed by atoms with Gasteiger partial charge in [0.05, 0.1) is 6.42 Å². The second-order valence-corrected chi connectivity index (χ2v) is 8.65. The van der Waals surface area contributed by atoms with E-state index in [1.54, 1.807) is 24.3 Å². The van der Waals surface area contributed by atoms with Gasteiger partial charge in [-0.25, -0.2) is 0 Å². The van der Waals surface area contributed by atoms with Crippen LogP contribution >= 0.6 is 11.6 Å². The molecule has 0 heterocycles. The molecule has 1 unspecified atom stereocenters. The van der Waals surface area contributed by atoms with Crippen molar-refractivity contribution < 1.29 is 45.3 Å². The Morgan fingerprint density at radius 2 is 1.55 bits per heavy atom. The zero-order valence-corrected chi connectivity index (χ0v) is 20.6. The van der Waals surface area contributed by atoms with E-state index in [-0.39, 0.29) is 17.0 Å². The van der Waals surface area contributed by atoms with Crippen molar-refractivity contribution in [2.24, 2.45) is 0 Å². The number of aryl methyl sites for hydroxylation is 1. The minimum Gasteiger partial charge on any atom is -0.457 e. The summed E-state index contributed by atoms with van der Waals surface area (Å²) in [7, 11) is 0. The standard InChI is InChI=1S/C26H23ClF7NO3/c1-2-17-12-20(9-10-22(17)27)37-19-7-4-6-18(13-19)35(23(36)14-25(30,31)32)15-16-5-3-8-21(11-16)38-26(33,34)24(28)29/h3-13,23-24,36H,2,14-15H2,1H3. The fraction of sp³-hybridized carbons (Fsp3) is 0.308. The maximum absolute atomic E-state index is 13.3. The van der Waals surface area contributed by atoms with Gasteiger partial charge < -0.3 is 19.5 Å². The summed E-state index contributed by atoms with van der Waals surface area (Å²) in [5.41, 5.74) is 1.06. The number of anilines is 1. The first-order valence-electron chi connectivity index (χ1n) is 11.3. The lowest BCUT2D eigenvalue weighted by atomic mass is 10.1. The van der Waals surface area contributed by atoms with E-state index in [9.17, 15) is 35.8 Å². The molecule has 1 atom stereocenters. The highest BCUT2D eigenvalue weighted by atomic mass is 35.5. The molecule has 0 aliphatic rings. The summed E-state index contributed by atoms with van der Waals surface area (Å²) in [6, 6.07) is 15.4. The van der Waals surface area contributed by atoms with Crippen LogP contribution in [0.25, 0.3) is 0 Å². The lowest BCUT2D eigenvalue weighted by Gasteiger charge is -2.31. The molecule has 1 N–H and O–H groups in total. The number of halogens is 8. The maximum atomic E-state index is 13.3. The highest BCUT2D eigenvalue weighted by molar-refractivity contribution is 6.31. The average molecular weight is 566 g/mol. The third-order valence-corrected chi connectivity index (χ3v) is 5.68. The maximum Gasteiger partial charge on any atom is 0.461 e. The van der Waals surface area contributed by atoms with E-state index < -0.39 is 43.7 Å². The van der Waals surface area contributed by atoms with Crippen molar-refractivity contribution in [2.45, 2.75) is 51.2 Å². The molecule has 3 aromatic rings. The van der Waals surface area contributed by atoms with Crippen molar-refractivity contribution in [3.63, 3.8) is 0 Å². The van der Waals surface area contributed by atoms with Crippen LogP contribution in [-0.2, 0) is 13.0 Å². The van der Waals surface area contributed by atoms with Crippen molar-refractivity contribution in [3.8, 4) is 17.2 Å². The van der Waals surface area contributed by atoms with E-state index in [1.807, 2.05) is 6.92 Å². The summed E-state index contributed by atoms with van der Waals surface area (Å²) in [5, 5.41) is 11.0. The van der Waals surface area contributed by atoms with Gasteiger partial charge in [0.2, 0.25) is 0 Å². The van der Waals surface area contributed by atoms with Gasteiger partial charge >= 0.3 is 18.7 Å². The van der Waals surface area contributed by atoms with E-state index in [2.05, 4.69) is 4.74 Å². The Balaban J connectivity index is 1.91. The van der Waals surface area contributed by atoms with E-state index in [0.29, 0.717) is 17.2 Å². The Kier molecular flexibility index (Phi) is 9.37. The van der Waals surface area contributed by atoms with Gasteiger partial charge in [-0.1, -0.05) is 36.7 Å². The van der Waals surface area contributed by atoms with Crippen molar-refractivity contribution in [3.05, 3.63) is 82.9 Å². The van der Waals surface area contributed by atoms with Crippen LogP contribution in [0.1, 0.15) is 24.5 Å². The molecule has 206 valence electrons. The van der Waals surface area contributed by atoms with E-state index in [1.165, 1.54) is 30.3 Å². The van der Waals surface area contributed by atoms with E-state index in [4.69, 9.17) is 16.3 Å². The van der Waals surface area contributed by atoms with Gasteiger partial charge in [-0.05, 0) is 60.0 Å². The number of rotatable bonds is 11. The van der Waals surface area contributed by atoms with Gasteiger partial charge in [0.1, 0.15) is 23.5 Å². The highest BCUT2D eigenvalue weighted by Gasteiger charge is 2.44. The number of alkyl halides is 7. The van der Waals surface area contributed by atoms with Crippen LogP contribution in [0.3, 0.4) is 0 Å². The Bertz CT molecular complexity index is 1220. The topological polar surface area (TPSA) is 41.9 Å². The largest absolute Gasteiger partial charge is 0.461 e. The Hall–Kier alpha value is -3.18. The molecule has 0 aromatic heterocycles. The lowest BCUT2D eigenvalue weighted by molar-refractivity contribution is -0.253. The number of ether oxygens (including phenoxy) is 2. The molecule has 4 nitrogen and oxygen atoms in total. The summed E-state index contributed by atoms with van der Waals surface area (Å²) < 4.78 is 101. The second kappa shape index (κ2) is 12.1. The summed E-state index contributed by atoms with van der Waals surface area (Å²) in [6.45, 7) is 1.50. The molecular weight excluding hydrogens is 543 g/mol. The molecule has 0 amide bonds. The Morgan fingerprint density at radius 1 is 0.895 bits per heavy atom. The number of aliphatic hydroxyl groups is 1. The zero-order chi connectivity index (χ0) is 28.1. The van der Waals surface area contributed by atoms with Crippen LogP contribution in [0.15, 0.2) is 66.7 Å². The van der Waals surface area contributed by atoms with Gasteiger partial charge in [-0.15, -0.1) is 0 Å². The molecule has 3 aromatic carbocycles. The summed E-state index contributed by atoms with van der Waals surface area (Å²) in [5.74, 6) is 0.0463. The van der Waals surface area contributed by atoms with E-state index in [0.717, 1.165) is 22.6 Å². The van der Waals surface area contributed by atoms with Gasteiger partial charge in [0.15, 0.2) is 0 Å². The molecule has 12 heteroatoms. The lowest BCUT2D eigenvalue weighted by Crippen LogP contribution is -2.38. The van der Waals surface area contributed by atoms with Gasteiger partial charge in [-0.3, -0.25) is 0 Å². The van der Waals surface area contributed by atoms with Crippen molar-refractivity contribution in [2.75, 3.05) is 4.90 Å². The summed E-state index contributed by atoms with van der Waals surface area (Å²) in [4.78, 5) is 0.976. The molecule has 3 rings (SSSR count). The zero-order valence-electron chi connectivity index (χ0n) is 19.9. The number of hydrogen-bond acceptors (Lipinski definition) is 4. The summed E-state index contributed by atoms with van der Waals surface area (Å²) in [6.07, 6.45) is -16.6. The molecule has 0 aliphatic carbocycles. The first-order valence-corrected chi connectivity index (χ1v) is 11.7. The number of nitrogens with zero attached hydrogens (tertiary/aromatic N) is 1. The molecule has 0 radical (unpaired) electrons. The fourth-order valence-electron chi connectivity index (χ4n) is 3.54. The first-order chi connectivity index (χ1) is 17.8. The van der Waals surface area contributed by atoms with Crippen LogP contribution in [0.4, 0.5) is 36.4 Å². The summed E-state index contributed by atoms with van der Waals surface area (Å²) >= 11 is 6.12. The Morgan fingerprint density at radius 3 is 2.21 bits per heavy atom. The smallest absolute Gasteiger partial charge is 0.457 e. The normalized spacial score (nSPS) is 12.9. The van der Waals surface area contributed by atoms with Crippen LogP contribution in [0.2, 0.25) is 5.02 Å².